The number of ether oxygens (including phenoxy) is 1. The van der Waals surface area contributed by atoms with Crippen molar-refractivity contribution >= 4 is 44.1 Å². The average Bonchev–Trinajstić information content (AvgIpc) is 3.38. The lowest BCUT2D eigenvalue weighted by molar-refractivity contribution is -0.132. The van der Waals surface area contributed by atoms with Crippen LogP contribution < -0.4 is 9.64 Å². The quantitative estimate of drug-likeness (QED) is 0.203. The van der Waals surface area contributed by atoms with Gasteiger partial charge in [0.1, 0.15) is 17.3 Å². The fourth-order valence-corrected chi connectivity index (χ4v) is 5.40. The number of benzene rings is 3. The van der Waals surface area contributed by atoms with Crippen LogP contribution in [0.1, 0.15) is 35.2 Å². The summed E-state index contributed by atoms with van der Waals surface area (Å²) in [5.74, 6) is -1.64. The Bertz CT molecular complexity index is 1540. The summed E-state index contributed by atoms with van der Waals surface area (Å²) in [6.45, 7) is 6.09. The molecule has 1 saturated heterocycles. The number of nitrogens with zero attached hydrogens (tertiary/aromatic N) is 2. The molecule has 1 atom stereocenters. The van der Waals surface area contributed by atoms with E-state index < -0.39 is 23.5 Å². The van der Waals surface area contributed by atoms with Crippen LogP contribution in [0, 0.1) is 19.7 Å². The molecule has 2 heterocycles. The van der Waals surface area contributed by atoms with Crippen LogP contribution in [0.25, 0.3) is 16.0 Å². The molecule has 1 amide bonds. The molecule has 36 heavy (non-hydrogen) atoms. The van der Waals surface area contributed by atoms with Crippen molar-refractivity contribution in [1.82, 2.24) is 4.98 Å². The second-order valence-electron chi connectivity index (χ2n) is 8.60. The number of halogens is 1. The zero-order valence-corrected chi connectivity index (χ0v) is 20.7. The first-order valence-electron chi connectivity index (χ1n) is 11.5. The van der Waals surface area contributed by atoms with Crippen molar-refractivity contribution in [3.63, 3.8) is 0 Å². The van der Waals surface area contributed by atoms with Gasteiger partial charge in [0.2, 0.25) is 0 Å². The number of thiazole rings is 1. The molecule has 8 heteroatoms. The Morgan fingerprint density at radius 2 is 1.83 bits per heavy atom. The van der Waals surface area contributed by atoms with Gasteiger partial charge in [-0.3, -0.25) is 14.5 Å². The van der Waals surface area contributed by atoms with Crippen molar-refractivity contribution in [1.29, 1.82) is 0 Å². The van der Waals surface area contributed by atoms with Crippen LogP contribution >= 0.6 is 11.3 Å². The lowest BCUT2D eigenvalue weighted by atomic mass is 9.93. The number of hydrogen-bond acceptors (Lipinski definition) is 6. The Labute approximate surface area is 211 Å². The largest absolute Gasteiger partial charge is 0.507 e. The molecule has 5 rings (SSSR count). The Kier molecular flexibility index (Phi) is 6.05. The number of aryl methyl sites for hydroxylation is 2. The van der Waals surface area contributed by atoms with Crippen molar-refractivity contribution in [2.45, 2.75) is 26.8 Å². The number of ketones is 1. The number of anilines is 1. The molecular weight excluding hydrogens is 479 g/mol. The average molecular weight is 503 g/mol. The molecular formula is C28H23FN2O4S. The van der Waals surface area contributed by atoms with Crippen LogP contribution in [0.3, 0.4) is 0 Å². The number of Topliss-reactive ketones (excluding diaryl/α,β-unsaturated/α-hetero) is 1. The fraction of sp³-hybridized carbons (Fsp3) is 0.179. The molecule has 1 aromatic heterocycles. The second-order valence-corrected chi connectivity index (χ2v) is 9.61. The predicted octanol–water partition coefficient (Wildman–Crippen LogP) is 6.08. The number of hydrogen-bond donors (Lipinski definition) is 1. The van der Waals surface area contributed by atoms with E-state index in [0.29, 0.717) is 33.7 Å². The van der Waals surface area contributed by atoms with E-state index in [1.807, 2.05) is 32.9 Å². The number of carbonyl (C=O) groups excluding carboxylic acids is 2. The number of aromatic nitrogens is 1. The molecule has 0 saturated carbocycles. The normalized spacial score (nSPS) is 17.2. The molecule has 1 N–H and O–H groups in total. The first kappa shape index (κ1) is 23.7. The predicted molar refractivity (Wildman–Crippen MR) is 138 cm³/mol. The number of fused-ring (bicyclic) bond motifs is 1. The molecule has 0 aliphatic carbocycles. The Morgan fingerprint density at radius 1 is 1.08 bits per heavy atom. The third-order valence-electron chi connectivity index (χ3n) is 6.14. The summed E-state index contributed by atoms with van der Waals surface area (Å²) in [5.41, 5.74) is 3.25. The Hall–Kier alpha value is -4.04. The van der Waals surface area contributed by atoms with E-state index in [2.05, 4.69) is 4.98 Å². The summed E-state index contributed by atoms with van der Waals surface area (Å²) in [6, 6.07) is 15.8. The maximum Gasteiger partial charge on any atom is 0.301 e. The van der Waals surface area contributed by atoms with E-state index in [4.69, 9.17) is 4.74 Å². The van der Waals surface area contributed by atoms with Crippen LogP contribution in [0.2, 0.25) is 0 Å². The smallest absolute Gasteiger partial charge is 0.301 e. The van der Waals surface area contributed by atoms with E-state index >= 15 is 0 Å². The van der Waals surface area contributed by atoms with Crippen LogP contribution in [-0.4, -0.2) is 28.4 Å². The van der Waals surface area contributed by atoms with Gasteiger partial charge in [-0.25, -0.2) is 9.37 Å². The van der Waals surface area contributed by atoms with E-state index in [0.717, 1.165) is 22.5 Å². The van der Waals surface area contributed by atoms with E-state index in [1.54, 1.807) is 30.3 Å². The number of rotatable bonds is 5. The minimum absolute atomic E-state index is 0.0247. The van der Waals surface area contributed by atoms with Gasteiger partial charge in [0.15, 0.2) is 5.13 Å². The molecule has 0 spiro atoms. The number of carbonyl (C=O) groups is 2. The molecule has 0 radical (unpaired) electrons. The molecule has 0 bridgehead atoms. The van der Waals surface area contributed by atoms with Crippen LogP contribution in [-0.2, 0) is 9.59 Å². The standard InChI is InChI=1S/C28H23FN2O4S/c1-4-35-19-10-7-17(8-11-19)24-23(25(32)20-13-15(2)5-6-16(20)3)26(33)27(34)31(24)28-30-21-12-9-18(29)14-22(21)36-28/h5-14,24,32H,4H2,1-3H3/b25-23+. The van der Waals surface area contributed by atoms with E-state index in [1.165, 1.54) is 23.1 Å². The Morgan fingerprint density at radius 3 is 2.56 bits per heavy atom. The van der Waals surface area contributed by atoms with Gasteiger partial charge in [0, 0.05) is 5.56 Å². The molecule has 3 aromatic carbocycles. The van der Waals surface area contributed by atoms with Gasteiger partial charge in [0.25, 0.3) is 5.78 Å². The summed E-state index contributed by atoms with van der Waals surface area (Å²) in [5, 5.41) is 11.7. The second kappa shape index (κ2) is 9.20. The van der Waals surface area contributed by atoms with Gasteiger partial charge in [-0.15, -0.1) is 0 Å². The van der Waals surface area contributed by atoms with E-state index in [9.17, 15) is 19.1 Å². The SMILES string of the molecule is CCOc1ccc(C2/C(=C(\O)c3cc(C)ccc3C)C(=O)C(=O)N2c2nc3ccc(F)cc3s2)cc1. The van der Waals surface area contributed by atoms with Gasteiger partial charge in [-0.05, 0) is 68.3 Å². The third-order valence-corrected chi connectivity index (χ3v) is 7.16. The van der Waals surface area contributed by atoms with Crippen molar-refractivity contribution < 1.29 is 23.8 Å². The van der Waals surface area contributed by atoms with Crippen LogP contribution in [0.15, 0.2) is 66.2 Å². The highest BCUT2D eigenvalue weighted by molar-refractivity contribution is 7.22. The van der Waals surface area contributed by atoms with Gasteiger partial charge in [0.05, 0.1) is 28.4 Å². The molecule has 1 aliphatic heterocycles. The third kappa shape index (κ3) is 4.03. The summed E-state index contributed by atoms with van der Waals surface area (Å²) in [6.07, 6.45) is 0. The first-order valence-corrected chi connectivity index (χ1v) is 12.3. The van der Waals surface area contributed by atoms with Gasteiger partial charge in [-0.2, -0.15) is 0 Å². The molecule has 182 valence electrons. The van der Waals surface area contributed by atoms with E-state index in [-0.39, 0.29) is 16.5 Å². The van der Waals surface area contributed by atoms with Crippen LogP contribution in [0.5, 0.6) is 5.75 Å². The van der Waals surface area contributed by atoms with Gasteiger partial charge < -0.3 is 9.84 Å². The van der Waals surface area contributed by atoms with Crippen LogP contribution in [0.4, 0.5) is 9.52 Å². The fourth-order valence-electron chi connectivity index (χ4n) is 4.38. The minimum atomic E-state index is -0.925. The summed E-state index contributed by atoms with van der Waals surface area (Å²) >= 11 is 1.11. The molecule has 4 aromatic rings. The topological polar surface area (TPSA) is 79.7 Å². The maximum atomic E-state index is 13.8. The lowest BCUT2D eigenvalue weighted by Gasteiger charge is -2.23. The summed E-state index contributed by atoms with van der Waals surface area (Å²) in [7, 11) is 0. The minimum Gasteiger partial charge on any atom is -0.507 e. The number of amides is 1. The lowest BCUT2D eigenvalue weighted by Crippen LogP contribution is -2.29. The maximum absolute atomic E-state index is 13.8. The molecule has 6 nitrogen and oxygen atoms in total. The van der Waals surface area contributed by atoms with Crippen molar-refractivity contribution in [2.75, 3.05) is 11.5 Å². The highest BCUT2D eigenvalue weighted by Gasteiger charge is 2.48. The zero-order valence-electron chi connectivity index (χ0n) is 19.9. The molecule has 1 unspecified atom stereocenters. The number of aliphatic hydroxyl groups excluding tert-OH is 1. The molecule has 1 aliphatic rings. The van der Waals surface area contributed by atoms with Gasteiger partial charge in [-0.1, -0.05) is 41.2 Å². The number of aliphatic hydroxyl groups is 1. The zero-order chi connectivity index (χ0) is 25.6. The molecule has 1 fully saturated rings. The highest BCUT2D eigenvalue weighted by Crippen LogP contribution is 2.45. The van der Waals surface area contributed by atoms with Crippen molar-refractivity contribution in [2.24, 2.45) is 0 Å². The summed E-state index contributed by atoms with van der Waals surface area (Å²) < 4.78 is 19.9. The highest BCUT2D eigenvalue weighted by atomic mass is 32.1. The monoisotopic (exact) mass is 502 g/mol. The first-order chi connectivity index (χ1) is 17.3. The van der Waals surface area contributed by atoms with Crippen molar-refractivity contribution in [3.05, 3.63) is 94.3 Å². The van der Waals surface area contributed by atoms with Crippen molar-refractivity contribution in [3.8, 4) is 5.75 Å². The summed E-state index contributed by atoms with van der Waals surface area (Å²) in [4.78, 5) is 32.6. The van der Waals surface area contributed by atoms with Gasteiger partial charge >= 0.3 is 5.91 Å². The Balaban J connectivity index is 1.73.